The van der Waals surface area contributed by atoms with Crippen LogP contribution in [0.1, 0.15) is 29.9 Å². The fourth-order valence-corrected chi connectivity index (χ4v) is 4.24. The lowest BCUT2D eigenvalue weighted by Crippen LogP contribution is -2.42. The minimum Gasteiger partial charge on any atom is -0.287 e. The summed E-state index contributed by atoms with van der Waals surface area (Å²) >= 11 is 8.47. The van der Waals surface area contributed by atoms with Gasteiger partial charge in [0.1, 0.15) is 0 Å². The zero-order valence-electron chi connectivity index (χ0n) is 16.5. The van der Waals surface area contributed by atoms with Crippen molar-refractivity contribution in [1.82, 2.24) is 20.4 Å². The molecule has 0 aliphatic carbocycles. The third-order valence-electron chi connectivity index (χ3n) is 4.21. The highest BCUT2D eigenvalue weighted by Gasteiger charge is 2.15. The molecule has 0 atom stereocenters. The summed E-state index contributed by atoms with van der Waals surface area (Å²) in [4.78, 5) is 42.1. The van der Waals surface area contributed by atoms with Crippen LogP contribution < -0.4 is 16.4 Å². The van der Waals surface area contributed by atoms with Crippen LogP contribution >= 0.6 is 34.7 Å². The van der Waals surface area contributed by atoms with Gasteiger partial charge in [0, 0.05) is 11.6 Å². The Labute approximate surface area is 186 Å². The lowest BCUT2D eigenvalue weighted by Gasteiger charge is -2.14. The van der Waals surface area contributed by atoms with Crippen molar-refractivity contribution in [2.24, 2.45) is 5.92 Å². The fraction of sp³-hybridized carbons (Fsp3) is 0.300. The Morgan fingerprint density at radius 3 is 2.77 bits per heavy atom. The molecule has 0 radical (unpaired) electrons. The van der Waals surface area contributed by atoms with Crippen molar-refractivity contribution in [2.75, 3.05) is 5.75 Å². The number of hydrazine groups is 1. The molecule has 0 fully saturated rings. The zero-order chi connectivity index (χ0) is 21.7. The van der Waals surface area contributed by atoms with Crippen LogP contribution in [0, 0.1) is 5.92 Å². The number of hydrogen-bond acceptors (Lipinski definition) is 6. The Hall–Kier alpha value is -2.36. The molecular formula is C20H21ClN4O3S2. The van der Waals surface area contributed by atoms with Gasteiger partial charge in [0.05, 0.1) is 21.5 Å². The maximum atomic E-state index is 13.0. The van der Waals surface area contributed by atoms with Crippen molar-refractivity contribution in [3.05, 3.63) is 56.0 Å². The smallest absolute Gasteiger partial charge is 0.279 e. The van der Waals surface area contributed by atoms with E-state index in [4.69, 9.17) is 11.6 Å². The van der Waals surface area contributed by atoms with Gasteiger partial charge in [-0.3, -0.25) is 29.8 Å². The minimum atomic E-state index is -0.402. The van der Waals surface area contributed by atoms with Gasteiger partial charge in [0.2, 0.25) is 5.91 Å². The number of carbonyl (C=O) groups excluding carboxylic acids is 2. The molecule has 2 heterocycles. The third-order valence-corrected chi connectivity index (χ3v) is 6.29. The summed E-state index contributed by atoms with van der Waals surface area (Å²) in [5.74, 6) is -0.381. The van der Waals surface area contributed by atoms with Crippen molar-refractivity contribution in [1.29, 1.82) is 0 Å². The lowest BCUT2D eigenvalue weighted by molar-refractivity contribution is -0.119. The number of carbonyl (C=O) groups is 2. The van der Waals surface area contributed by atoms with Gasteiger partial charge in [-0.25, -0.2) is 4.98 Å². The van der Waals surface area contributed by atoms with E-state index in [1.165, 1.54) is 11.3 Å². The molecule has 0 aliphatic rings. The van der Waals surface area contributed by atoms with E-state index in [0.717, 1.165) is 18.2 Å². The first kappa shape index (κ1) is 22.3. The molecule has 3 aromatic rings. The van der Waals surface area contributed by atoms with Gasteiger partial charge < -0.3 is 0 Å². The highest BCUT2D eigenvalue weighted by atomic mass is 35.5. The van der Waals surface area contributed by atoms with Crippen molar-refractivity contribution < 1.29 is 9.59 Å². The summed E-state index contributed by atoms with van der Waals surface area (Å²) in [5.41, 5.74) is 5.09. The summed E-state index contributed by atoms with van der Waals surface area (Å²) in [6.07, 6.45) is 0.803. The van der Waals surface area contributed by atoms with Gasteiger partial charge in [-0.2, -0.15) is 0 Å². The maximum Gasteiger partial charge on any atom is 0.279 e. The van der Waals surface area contributed by atoms with Gasteiger partial charge in [-0.05, 0) is 42.0 Å². The van der Waals surface area contributed by atoms with E-state index < -0.39 is 5.91 Å². The van der Waals surface area contributed by atoms with E-state index in [-0.39, 0.29) is 17.2 Å². The first-order valence-corrected chi connectivity index (χ1v) is 11.5. The van der Waals surface area contributed by atoms with Crippen LogP contribution in [0.25, 0.3) is 10.9 Å². The number of rotatable bonds is 7. The first-order chi connectivity index (χ1) is 14.3. The highest BCUT2D eigenvalue weighted by molar-refractivity contribution is 7.99. The lowest BCUT2D eigenvalue weighted by atomic mass is 10.1. The minimum absolute atomic E-state index is 0.00902. The van der Waals surface area contributed by atoms with Crippen molar-refractivity contribution in [3.63, 3.8) is 0 Å². The number of thiophene rings is 1. The zero-order valence-corrected chi connectivity index (χ0v) is 18.9. The van der Waals surface area contributed by atoms with Crippen LogP contribution in [0.15, 0.2) is 45.7 Å². The maximum absolute atomic E-state index is 13.0. The van der Waals surface area contributed by atoms with E-state index in [1.54, 1.807) is 40.3 Å². The van der Waals surface area contributed by atoms with Crippen LogP contribution in [0.4, 0.5) is 0 Å². The van der Waals surface area contributed by atoms with Crippen LogP contribution in [0.5, 0.6) is 0 Å². The van der Waals surface area contributed by atoms with E-state index >= 15 is 0 Å². The Morgan fingerprint density at radius 1 is 1.27 bits per heavy atom. The molecule has 0 aliphatic heterocycles. The summed E-state index contributed by atoms with van der Waals surface area (Å²) < 4.78 is 1.60. The Morgan fingerprint density at radius 2 is 2.07 bits per heavy atom. The van der Waals surface area contributed by atoms with Crippen LogP contribution in [-0.2, 0) is 11.3 Å². The number of fused-ring (bicyclic) bond motifs is 1. The van der Waals surface area contributed by atoms with Gasteiger partial charge >= 0.3 is 0 Å². The first-order valence-electron chi connectivity index (χ1n) is 9.30. The molecule has 0 bridgehead atoms. The summed E-state index contributed by atoms with van der Waals surface area (Å²) in [7, 11) is 0. The molecule has 158 valence electrons. The molecule has 0 saturated carbocycles. The number of amides is 2. The number of benzene rings is 1. The second-order valence-electron chi connectivity index (χ2n) is 6.96. The molecule has 30 heavy (non-hydrogen) atoms. The normalized spacial score (nSPS) is 11.1. The standard InChI is InChI=1S/C20H21ClN4O3S2/c1-12(2)7-8-25-19(28)14-6-5-13(21)10-15(14)22-20(25)30-11-17(26)23-24-18(27)16-4-3-9-29-16/h3-6,9-10,12H,7-8,11H2,1-2H3,(H,23,26)(H,24,27). The van der Waals surface area contributed by atoms with Gasteiger partial charge in [0.15, 0.2) is 5.16 Å². The number of nitrogens with one attached hydrogen (secondary N) is 2. The van der Waals surface area contributed by atoms with Crippen molar-refractivity contribution in [3.8, 4) is 0 Å². The molecule has 0 unspecified atom stereocenters. The molecule has 7 nitrogen and oxygen atoms in total. The van der Waals surface area contributed by atoms with Gasteiger partial charge in [-0.1, -0.05) is 43.3 Å². The molecular weight excluding hydrogens is 444 g/mol. The fourth-order valence-electron chi connectivity index (χ4n) is 2.63. The highest BCUT2D eigenvalue weighted by Crippen LogP contribution is 2.21. The van der Waals surface area contributed by atoms with E-state index in [2.05, 4.69) is 29.7 Å². The van der Waals surface area contributed by atoms with E-state index in [9.17, 15) is 14.4 Å². The summed E-state index contributed by atoms with van der Waals surface area (Å²) in [6, 6.07) is 8.39. The van der Waals surface area contributed by atoms with E-state index in [1.807, 2.05) is 0 Å². The monoisotopic (exact) mass is 464 g/mol. The third kappa shape index (κ3) is 5.62. The van der Waals surface area contributed by atoms with Crippen LogP contribution in [0.3, 0.4) is 0 Å². The molecule has 2 N–H and O–H groups in total. The van der Waals surface area contributed by atoms with Gasteiger partial charge in [-0.15, -0.1) is 11.3 Å². The average molecular weight is 465 g/mol. The van der Waals surface area contributed by atoms with Crippen molar-refractivity contribution >= 4 is 57.4 Å². The number of thioether (sulfide) groups is 1. The Bertz CT molecular complexity index is 1110. The van der Waals surface area contributed by atoms with E-state index in [0.29, 0.717) is 38.4 Å². The van der Waals surface area contributed by atoms with Crippen LogP contribution in [0.2, 0.25) is 5.02 Å². The second kappa shape index (κ2) is 10.1. The molecule has 1 aromatic carbocycles. The predicted molar refractivity (Wildman–Crippen MR) is 121 cm³/mol. The SMILES string of the molecule is CC(C)CCn1c(SCC(=O)NNC(=O)c2cccs2)nc2cc(Cl)ccc2c1=O. The molecule has 2 amide bonds. The number of nitrogens with zero attached hydrogens (tertiary/aromatic N) is 2. The van der Waals surface area contributed by atoms with Crippen LogP contribution in [-0.4, -0.2) is 27.1 Å². The van der Waals surface area contributed by atoms with Gasteiger partial charge in [0.25, 0.3) is 11.5 Å². The predicted octanol–water partition coefficient (Wildman–Crippen LogP) is 3.71. The Balaban J connectivity index is 1.74. The number of aromatic nitrogens is 2. The summed E-state index contributed by atoms with van der Waals surface area (Å²) in [6.45, 7) is 4.66. The molecule has 0 spiro atoms. The number of halogens is 1. The second-order valence-corrected chi connectivity index (χ2v) is 9.29. The molecule has 10 heteroatoms. The topological polar surface area (TPSA) is 93.1 Å². The number of hydrogen-bond donors (Lipinski definition) is 2. The largest absolute Gasteiger partial charge is 0.287 e. The average Bonchev–Trinajstić information content (AvgIpc) is 3.24. The molecule has 2 aromatic heterocycles. The molecule has 0 saturated heterocycles. The van der Waals surface area contributed by atoms with Crippen molar-refractivity contribution in [2.45, 2.75) is 32.0 Å². The molecule has 3 rings (SSSR count). The summed E-state index contributed by atoms with van der Waals surface area (Å²) in [5, 5.41) is 3.19. The quantitative estimate of drug-likeness (QED) is 0.316. The Kier molecular flexibility index (Phi) is 7.52.